The van der Waals surface area contributed by atoms with Crippen molar-refractivity contribution in [2.45, 2.75) is 20.4 Å². The lowest BCUT2D eigenvalue weighted by Gasteiger charge is -2.17. The largest absolute Gasteiger partial charge is 0.324 e. The van der Waals surface area contributed by atoms with Crippen LogP contribution in [0.25, 0.3) is 0 Å². The lowest BCUT2D eigenvalue weighted by atomic mass is 10.3. The third kappa shape index (κ3) is 2.97. The number of rotatable bonds is 5. The van der Waals surface area contributed by atoms with E-state index in [0.717, 1.165) is 31.0 Å². The second-order valence-corrected chi connectivity index (χ2v) is 3.14. The summed E-state index contributed by atoms with van der Waals surface area (Å²) in [5, 5.41) is 0. The van der Waals surface area contributed by atoms with Crippen molar-refractivity contribution in [3.05, 3.63) is 24.0 Å². The number of hydrazine groups is 1. The molecule has 0 amide bonds. The van der Waals surface area contributed by atoms with Crippen LogP contribution in [-0.2, 0) is 6.54 Å². The summed E-state index contributed by atoms with van der Waals surface area (Å²) in [5.41, 5.74) is 4.57. The van der Waals surface area contributed by atoms with Gasteiger partial charge >= 0.3 is 0 Å². The molecule has 0 fully saturated rings. The number of nitrogens with zero attached hydrogens (tertiary/aromatic N) is 2. The number of pyridine rings is 1. The molecule has 0 radical (unpaired) electrons. The first-order chi connectivity index (χ1) is 6.80. The van der Waals surface area contributed by atoms with Gasteiger partial charge in [0.05, 0.1) is 11.4 Å². The van der Waals surface area contributed by atoms with Gasteiger partial charge in [-0.25, -0.2) is 0 Å². The number of nitrogen functional groups attached to an aromatic ring is 1. The van der Waals surface area contributed by atoms with Gasteiger partial charge in [0.1, 0.15) is 0 Å². The van der Waals surface area contributed by atoms with Gasteiger partial charge in [-0.2, -0.15) is 0 Å². The van der Waals surface area contributed by atoms with Crippen LogP contribution < -0.4 is 11.3 Å². The Labute approximate surface area is 85.1 Å². The summed E-state index contributed by atoms with van der Waals surface area (Å²) in [6.45, 7) is 7.25. The molecule has 4 nitrogen and oxygen atoms in total. The van der Waals surface area contributed by atoms with E-state index >= 15 is 0 Å². The molecule has 0 aliphatic heterocycles. The van der Waals surface area contributed by atoms with Crippen molar-refractivity contribution in [3.63, 3.8) is 0 Å². The standard InChI is InChI=1S/C10H18N4/c1-3-14(4-2)8-10-7-9(13-11)5-6-12-10/h5-7H,3-4,8,11H2,1-2H3,(H,12,13). The molecule has 0 saturated heterocycles. The van der Waals surface area contributed by atoms with Crippen molar-refractivity contribution < 1.29 is 0 Å². The second-order valence-electron chi connectivity index (χ2n) is 3.14. The average Bonchev–Trinajstić information content (AvgIpc) is 2.26. The Morgan fingerprint density at radius 3 is 2.71 bits per heavy atom. The van der Waals surface area contributed by atoms with Crippen LogP contribution in [0, 0.1) is 0 Å². The van der Waals surface area contributed by atoms with Crippen LogP contribution in [0.15, 0.2) is 18.3 Å². The molecule has 0 aromatic carbocycles. The highest BCUT2D eigenvalue weighted by atomic mass is 15.2. The highest BCUT2D eigenvalue weighted by Gasteiger charge is 2.02. The fraction of sp³-hybridized carbons (Fsp3) is 0.500. The molecule has 0 atom stereocenters. The molecule has 0 spiro atoms. The maximum atomic E-state index is 5.32. The van der Waals surface area contributed by atoms with Crippen molar-refractivity contribution in [1.82, 2.24) is 9.88 Å². The summed E-state index contributed by atoms with van der Waals surface area (Å²) in [6, 6.07) is 3.82. The molecule has 78 valence electrons. The smallest absolute Gasteiger partial charge is 0.0564 e. The van der Waals surface area contributed by atoms with Gasteiger partial charge in [-0.1, -0.05) is 13.8 Å². The molecule has 4 heteroatoms. The lowest BCUT2D eigenvalue weighted by molar-refractivity contribution is 0.292. The van der Waals surface area contributed by atoms with Gasteiger partial charge in [0.2, 0.25) is 0 Å². The number of hydrogen-bond acceptors (Lipinski definition) is 4. The van der Waals surface area contributed by atoms with E-state index in [2.05, 4.69) is 29.2 Å². The fourth-order valence-corrected chi connectivity index (χ4v) is 1.33. The van der Waals surface area contributed by atoms with Gasteiger partial charge in [0.15, 0.2) is 0 Å². The zero-order valence-corrected chi connectivity index (χ0v) is 8.83. The summed E-state index contributed by atoms with van der Waals surface area (Å²) in [4.78, 5) is 6.59. The van der Waals surface area contributed by atoms with Gasteiger partial charge < -0.3 is 5.43 Å². The van der Waals surface area contributed by atoms with Gasteiger partial charge in [-0.05, 0) is 25.2 Å². The predicted molar refractivity (Wildman–Crippen MR) is 58.7 cm³/mol. The fourth-order valence-electron chi connectivity index (χ4n) is 1.33. The first kappa shape index (κ1) is 10.9. The Kier molecular flexibility index (Phi) is 4.35. The van der Waals surface area contributed by atoms with Crippen molar-refractivity contribution in [1.29, 1.82) is 0 Å². The van der Waals surface area contributed by atoms with Crippen LogP contribution in [0.2, 0.25) is 0 Å². The van der Waals surface area contributed by atoms with E-state index in [4.69, 9.17) is 5.84 Å². The van der Waals surface area contributed by atoms with Crippen LogP contribution in [0.4, 0.5) is 5.69 Å². The van der Waals surface area contributed by atoms with E-state index in [1.54, 1.807) is 6.20 Å². The molecule has 0 saturated carbocycles. The summed E-state index contributed by atoms with van der Waals surface area (Å²) in [5.74, 6) is 5.32. The maximum absolute atomic E-state index is 5.32. The van der Waals surface area contributed by atoms with Crippen LogP contribution >= 0.6 is 0 Å². The van der Waals surface area contributed by atoms with Gasteiger partial charge in [0.25, 0.3) is 0 Å². The highest BCUT2D eigenvalue weighted by molar-refractivity contribution is 5.41. The summed E-state index contributed by atoms with van der Waals surface area (Å²) < 4.78 is 0. The van der Waals surface area contributed by atoms with Crippen molar-refractivity contribution in [2.75, 3.05) is 18.5 Å². The number of nitrogens with two attached hydrogens (primary N) is 1. The van der Waals surface area contributed by atoms with Crippen molar-refractivity contribution in [2.24, 2.45) is 5.84 Å². The summed E-state index contributed by atoms with van der Waals surface area (Å²) in [6.07, 6.45) is 1.77. The Balaban J connectivity index is 2.65. The van der Waals surface area contributed by atoms with Crippen molar-refractivity contribution >= 4 is 5.69 Å². The number of hydrogen-bond donors (Lipinski definition) is 2. The SMILES string of the molecule is CCN(CC)Cc1cc(NN)ccn1. The third-order valence-electron chi connectivity index (χ3n) is 2.26. The van der Waals surface area contributed by atoms with Crippen LogP contribution in [-0.4, -0.2) is 23.0 Å². The minimum absolute atomic E-state index is 0.878. The number of aromatic nitrogens is 1. The second kappa shape index (κ2) is 5.57. The monoisotopic (exact) mass is 194 g/mol. The van der Waals surface area contributed by atoms with E-state index in [1.807, 2.05) is 12.1 Å². The maximum Gasteiger partial charge on any atom is 0.0564 e. The number of anilines is 1. The predicted octanol–water partition coefficient (Wildman–Crippen LogP) is 1.21. The van der Waals surface area contributed by atoms with E-state index in [1.165, 1.54) is 0 Å². The van der Waals surface area contributed by atoms with Gasteiger partial charge in [-0.3, -0.25) is 15.7 Å². The van der Waals surface area contributed by atoms with Gasteiger partial charge in [0, 0.05) is 12.7 Å². The Bertz CT molecular complexity index is 271. The minimum atomic E-state index is 0.878. The topological polar surface area (TPSA) is 54.2 Å². The number of nitrogens with one attached hydrogen (secondary N) is 1. The molecule has 0 unspecified atom stereocenters. The molecule has 1 rings (SSSR count). The first-order valence-corrected chi connectivity index (χ1v) is 4.94. The molecule has 0 aliphatic carbocycles. The normalized spacial score (nSPS) is 10.6. The molecule has 3 N–H and O–H groups in total. The van der Waals surface area contributed by atoms with E-state index in [0.29, 0.717) is 0 Å². The lowest BCUT2D eigenvalue weighted by Crippen LogP contribution is -2.22. The van der Waals surface area contributed by atoms with Crippen LogP contribution in [0.3, 0.4) is 0 Å². The Morgan fingerprint density at radius 1 is 1.43 bits per heavy atom. The zero-order chi connectivity index (χ0) is 10.4. The molecular formula is C10H18N4. The van der Waals surface area contributed by atoms with E-state index < -0.39 is 0 Å². The minimum Gasteiger partial charge on any atom is -0.324 e. The molecule has 1 aromatic heterocycles. The Hall–Kier alpha value is -1.13. The van der Waals surface area contributed by atoms with Crippen molar-refractivity contribution in [3.8, 4) is 0 Å². The van der Waals surface area contributed by atoms with Crippen LogP contribution in [0.5, 0.6) is 0 Å². The molecule has 1 aromatic rings. The Morgan fingerprint density at radius 2 is 2.14 bits per heavy atom. The van der Waals surface area contributed by atoms with Crippen LogP contribution in [0.1, 0.15) is 19.5 Å². The quantitative estimate of drug-likeness (QED) is 0.546. The zero-order valence-electron chi connectivity index (χ0n) is 8.83. The molecule has 14 heavy (non-hydrogen) atoms. The molecule has 0 bridgehead atoms. The summed E-state index contributed by atoms with van der Waals surface area (Å²) >= 11 is 0. The van der Waals surface area contributed by atoms with E-state index in [-0.39, 0.29) is 0 Å². The van der Waals surface area contributed by atoms with E-state index in [9.17, 15) is 0 Å². The molecular weight excluding hydrogens is 176 g/mol. The highest BCUT2D eigenvalue weighted by Crippen LogP contribution is 2.08. The average molecular weight is 194 g/mol. The molecule has 0 aliphatic rings. The summed E-state index contributed by atoms with van der Waals surface area (Å²) in [7, 11) is 0. The van der Waals surface area contributed by atoms with Gasteiger partial charge in [-0.15, -0.1) is 0 Å². The third-order valence-corrected chi connectivity index (χ3v) is 2.26. The molecule has 1 heterocycles. The first-order valence-electron chi connectivity index (χ1n) is 4.94.